The molecule has 0 heterocycles. The minimum Gasteiger partial charge on any atom is -0.387 e. The smallest absolute Gasteiger partial charge is 0.0976 e. The number of halogens is 2. The first-order chi connectivity index (χ1) is 7.59. The fraction of sp³-hybridized carbons (Fsp3) is 0.417. The summed E-state index contributed by atoms with van der Waals surface area (Å²) in [5, 5.41) is 19.4. The molecule has 1 unspecified atom stereocenters. The third-order valence-corrected chi connectivity index (χ3v) is 5.13. The van der Waals surface area contributed by atoms with Crippen LogP contribution in [0.15, 0.2) is 27.1 Å². The predicted octanol–water partition coefficient (Wildman–Crippen LogP) is 3.94. The molecule has 1 aromatic carbocycles. The molecule has 0 aliphatic heterocycles. The largest absolute Gasteiger partial charge is 0.387 e. The molecule has 1 aliphatic carbocycles. The average Bonchev–Trinajstić information content (AvgIpc) is 2.21. The van der Waals surface area contributed by atoms with Gasteiger partial charge in [-0.1, -0.05) is 12.5 Å². The Kier molecular flexibility index (Phi) is 3.39. The molecule has 1 N–H and O–H groups in total. The van der Waals surface area contributed by atoms with E-state index in [-0.39, 0.29) is 0 Å². The lowest BCUT2D eigenvalue weighted by molar-refractivity contribution is 0.00791. The summed E-state index contributed by atoms with van der Waals surface area (Å²) >= 11 is 6.79. The van der Waals surface area contributed by atoms with Gasteiger partial charge >= 0.3 is 0 Å². The van der Waals surface area contributed by atoms with E-state index in [9.17, 15) is 5.11 Å². The first-order valence-electron chi connectivity index (χ1n) is 5.13. The maximum atomic E-state index is 10.2. The highest BCUT2D eigenvalue weighted by Crippen LogP contribution is 2.50. The summed E-state index contributed by atoms with van der Waals surface area (Å²) in [5.74, 6) is 0. The lowest BCUT2D eigenvalue weighted by atomic mass is 9.65. The zero-order valence-electron chi connectivity index (χ0n) is 8.58. The van der Waals surface area contributed by atoms with Crippen LogP contribution in [-0.4, -0.2) is 5.11 Å². The lowest BCUT2D eigenvalue weighted by Crippen LogP contribution is -2.34. The van der Waals surface area contributed by atoms with E-state index in [4.69, 9.17) is 5.26 Å². The fourth-order valence-corrected chi connectivity index (χ4v) is 2.65. The van der Waals surface area contributed by atoms with E-state index < -0.39 is 11.5 Å². The third-order valence-electron chi connectivity index (χ3n) is 3.25. The monoisotopic (exact) mass is 343 g/mol. The predicted molar refractivity (Wildman–Crippen MR) is 68.7 cm³/mol. The molecule has 0 bridgehead atoms. The zero-order chi connectivity index (χ0) is 11.8. The highest BCUT2D eigenvalue weighted by Gasteiger charge is 2.44. The Morgan fingerprint density at radius 1 is 1.31 bits per heavy atom. The van der Waals surface area contributed by atoms with Gasteiger partial charge in [0, 0.05) is 8.95 Å². The van der Waals surface area contributed by atoms with Crippen molar-refractivity contribution in [2.24, 2.45) is 5.41 Å². The van der Waals surface area contributed by atoms with Gasteiger partial charge in [0.15, 0.2) is 0 Å². The standard InChI is InChI=1S/C12H11Br2NO/c13-9-3-2-8(6-10(9)14)11(16)12(7-15)4-1-5-12/h2-3,6,11,16H,1,4-5H2. The Hall–Kier alpha value is -0.370. The Labute approximate surface area is 112 Å². The van der Waals surface area contributed by atoms with E-state index >= 15 is 0 Å². The summed E-state index contributed by atoms with van der Waals surface area (Å²) in [7, 11) is 0. The molecule has 1 atom stereocenters. The van der Waals surface area contributed by atoms with Gasteiger partial charge in [0.1, 0.15) is 0 Å². The minimum absolute atomic E-state index is 0.562. The van der Waals surface area contributed by atoms with Crippen LogP contribution in [0, 0.1) is 16.7 Å². The van der Waals surface area contributed by atoms with Crippen LogP contribution in [0.1, 0.15) is 30.9 Å². The molecule has 16 heavy (non-hydrogen) atoms. The molecule has 2 rings (SSSR count). The second kappa shape index (κ2) is 4.48. The maximum Gasteiger partial charge on any atom is 0.0976 e. The van der Waals surface area contributed by atoms with E-state index in [1.165, 1.54) is 0 Å². The average molecular weight is 345 g/mol. The summed E-state index contributed by atoms with van der Waals surface area (Å²) in [6.07, 6.45) is 1.93. The molecule has 0 saturated heterocycles. The molecule has 1 fully saturated rings. The van der Waals surface area contributed by atoms with Crippen molar-refractivity contribution < 1.29 is 5.11 Å². The lowest BCUT2D eigenvalue weighted by Gasteiger charge is -2.39. The van der Waals surface area contributed by atoms with Gasteiger partial charge in [0.05, 0.1) is 17.6 Å². The van der Waals surface area contributed by atoms with Crippen molar-refractivity contribution in [2.45, 2.75) is 25.4 Å². The normalized spacial score (nSPS) is 19.6. The SMILES string of the molecule is N#CC1(C(O)c2ccc(Br)c(Br)c2)CCC1. The van der Waals surface area contributed by atoms with Crippen LogP contribution in [0.2, 0.25) is 0 Å². The molecule has 1 aliphatic rings. The molecular formula is C12H11Br2NO. The van der Waals surface area contributed by atoms with E-state index in [1.807, 2.05) is 18.2 Å². The first kappa shape index (κ1) is 12.1. The van der Waals surface area contributed by atoms with Gasteiger partial charge < -0.3 is 5.11 Å². The number of rotatable bonds is 2. The maximum absolute atomic E-state index is 10.2. The Balaban J connectivity index is 2.31. The summed E-state index contributed by atoms with van der Waals surface area (Å²) in [6.45, 7) is 0. The summed E-state index contributed by atoms with van der Waals surface area (Å²) in [4.78, 5) is 0. The van der Waals surface area contributed by atoms with Gasteiger partial charge in [-0.3, -0.25) is 0 Å². The van der Waals surface area contributed by atoms with E-state index in [2.05, 4.69) is 37.9 Å². The number of hydrogen-bond acceptors (Lipinski definition) is 2. The number of benzene rings is 1. The number of hydrogen-bond donors (Lipinski definition) is 1. The number of nitriles is 1. The van der Waals surface area contributed by atoms with Crippen molar-refractivity contribution in [1.29, 1.82) is 5.26 Å². The van der Waals surface area contributed by atoms with E-state index in [0.29, 0.717) is 0 Å². The molecule has 0 aromatic heterocycles. The molecule has 0 spiro atoms. The summed E-state index contributed by atoms with van der Waals surface area (Å²) < 4.78 is 1.85. The minimum atomic E-state index is -0.685. The van der Waals surface area contributed by atoms with Crippen molar-refractivity contribution in [1.82, 2.24) is 0 Å². The van der Waals surface area contributed by atoms with Gasteiger partial charge in [0.25, 0.3) is 0 Å². The van der Waals surface area contributed by atoms with Crippen LogP contribution >= 0.6 is 31.9 Å². The Bertz CT molecular complexity index is 449. The van der Waals surface area contributed by atoms with Crippen LogP contribution < -0.4 is 0 Å². The number of nitrogens with zero attached hydrogens (tertiary/aromatic N) is 1. The zero-order valence-corrected chi connectivity index (χ0v) is 11.8. The van der Waals surface area contributed by atoms with Crippen molar-refractivity contribution in [2.75, 3.05) is 0 Å². The van der Waals surface area contributed by atoms with Gasteiger partial charge in [0.2, 0.25) is 0 Å². The van der Waals surface area contributed by atoms with Crippen LogP contribution in [0.5, 0.6) is 0 Å². The molecule has 1 saturated carbocycles. The first-order valence-corrected chi connectivity index (χ1v) is 6.72. The summed E-state index contributed by atoms with van der Waals surface area (Å²) in [6, 6.07) is 7.88. The molecule has 0 amide bonds. The molecule has 4 heteroatoms. The van der Waals surface area contributed by atoms with Gasteiger partial charge in [-0.2, -0.15) is 5.26 Å². The summed E-state index contributed by atoms with van der Waals surface area (Å²) in [5.41, 5.74) is 0.240. The van der Waals surface area contributed by atoms with Crippen LogP contribution in [0.4, 0.5) is 0 Å². The number of aliphatic hydroxyl groups excluding tert-OH is 1. The molecule has 2 nitrogen and oxygen atoms in total. The molecular weight excluding hydrogens is 334 g/mol. The Morgan fingerprint density at radius 3 is 2.44 bits per heavy atom. The third kappa shape index (κ3) is 1.92. The molecule has 84 valence electrons. The molecule has 1 aromatic rings. The van der Waals surface area contributed by atoms with Crippen molar-refractivity contribution in [3.8, 4) is 6.07 Å². The van der Waals surface area contributed by atoms with Crippen LogP contribution in [-0.2, 0) is 0 Å². The fourth-order valence-electron chi connectivity index (χ4n) is 2.01. The van der Waals surface area contributed by atoms with Gasteiger partial charge in [-0.25, -0.2) is 0 Å². The van der Waals surface area contributed by atoms with Crippen molar-refractivity contribution in [3.63, 3.8) is 0 Å². The van der Waals surface area contributed by atoms with E-state index in [0.717, 1.165) is 33.8 Å². The van der Waals surface area contributed by atoms with Crippen LogP contribution in [0.3, 0.4) is 0 Å². The quantitative estimate of drug-likeness (QED) is 0.883. The second-order valence-electron chi connectivity index (χ2n) is 4.20. The molecule has 0 radical (unpaired) electrons. The highest BCUT2D eigenvalue weighted by atomic mass is 79.9. The second-order valence-corrected chi connectivity index (χ2v) is 5.91. The topological polar surface area (TPSA) is 44.0 Å². The van der Waals surface area contributed by atoms with Crippen molar-refractivity contribution >= 4 is 31.9 Å². The number of aliphatic hydroxyl groups is 1. The Morgan fingerprint density at radius 2 is 2.00 bits per heavy atom. The van der Waals surface area contributed by atoms with Crippen molar-refractivity contribution in [3.05, 3.63) is 32.7 Å². The van der Waals surface area contributed by atoms with Crippen LogP contribution in [0.25, 0.3) is 0 Å². The van der Waals surface area contributed by atoms with Gasteiger partial charge in [-0.05, 0) is 62.4 Å². The van der Waals surface area contributed by atoms with E-state index in [1.54, 1.807) is 0 Å². The van der Waals surface area contributed by atoms with Gasteiger partial charge in [-0.15, -0.1) is 0 Å². The highest BCUT2D eigenvalue weighted by molar-refractivity contribution is 9.13.